The molecule has 0 aromatic heterocycles. The zero-order valence-corrected chi connectivity index (χ0v) is 23.2. The summed E-state index contributed by atoms with van der Waals surface area (Å²) >= 11 is 0. The van der Waals surface area contributed by atoms with Gasteiger partial charge in [-0.15, -0.1) is 19.0 Å². The topological polar surface area (TPSA) is 60.5 Å². The van der Waals surface area contributed by atoms with Crippen molar-refractivity contribution >= 4 is 18.3 Å². The lowest BCUT2D eigenvalue weighted by Crippen LogP contribution is -2.38. The van der Waals surface area contributed by atoms with Crippen LogP contribution in [0, 0.1) is 0 Å². The van der Waals surface area contributed by atoms with Crippen molar-refractivity contribution in [1.82, 2.24) is 9.80 Å². The van der Waals surface area contributed by atoms with Gasteiger partial charge < -0.3 is 23.8 Å². The number of carbonyl (C=O) groups excluding carboxylic acids is 1. The van der Waals surface area contributed by atoms with Crippen LogP contribution in [0.25, 0.3) is 0 Å². The molecule has 8 heteroatoms. The van der Waals surface area contributed by atoms with Crippen molar-refractivity contribution in [3.8, 4) is 23.0 Å². The summed E-state index contributed by atoms with van der Waals surface area (Å²) < 4.78 is 21.9. The summed E-state index contributed by atoms with van der Waals surface area (Å²) in [5.74, 6) is 3.65. The number of rotatable bonds is 11. The maximum Gasteiger partial charge on any atom is 0.223 e. The molecule has 0 unspecified atom stereocenters. The molecule has 2 aliphatic rings. The second-order valence-corrected chi connectivity index (χ2v) is 9.46. The fourth-order valence-electron chi connectivity index (χ4n) is 5.36. The van der Waals surface area contributed by atoms with E-state index in [9.17, 15) is 4.79 Å². The molecular formula is C29H39ClN2O5. The fourth-order valence-corrected chi connectivity index (χ4v) is 5.36. The van der Waals surface area contributed by atoms with Crippen molar-refractivity contribution < 1.29 is 23.7 Å². The van der Waals surface area contributed by atoms with Gasteiger partial charge in [0.25, 0.3) is 0 Å². The number of hydrogen-bond donors (Lipinski definition) is 0. The molecule has 1 heterocycles. The molecule has 0 bridgehead atoms. The minimum absolute atomic E-state index is 0. The van der Waals surface area contributed by atoms with E-state index < -0.39 is 0 Å². The Morgan fingerprint density at radius 2 is 1.43 bits per heavy atom. The molecule has 1 aliphatic carbocycles. The molecule has 2 aromatic carbocycles. The fraction of sp³-hybridized carbons (Fsp3) is 0.483. The first kappa shape index (κ1) is 28.7. The molecule has 1 amide bonds. The van der Waals surface area contributed by atoms with Crippen molar-refractivity contribution in [2.24, 2.45) is 0 Å². The van der Waals surface area contributed by atoms with Crippen LogP contribution >= 0.6 is 12.4 Å². The molecule has 2 aromatic rings. The molecular weight excluding hydrogens is 492 g/mol. The van der Waals surface area contributed by atoms with E-state index in [1.807, 2.05) is 11.0 Å². The van der Waals surface area contributed by atoms with E-state index in [4.69, 9.17) is 18.9 Å². The van der Waals surface area contributed by atoms with E-state index in [1.54, 1.807) is 28.4 Å². The monoisotopic (exact) mass is 530 g/mol. The van der Waals surface area contributed by atoms with Gasteiger partial charge in [0.05, 0.1) is 28.4 Å². The lowest BCUT2D eigenvalue weighted by molar-refractivity contribution is -0.131. The van der Waals surface area contributed by atoms with Crippen molar-refractivity contribution in [1.29, 1.82) is 0 Å². The van der Waals surface area contributed by atoms with Crippen LogP contribution in [0.15, 0.2) is 36.9 Å². The Morgan fingerprint density at radius 3 is 1.95 bits per heavy atom. The molecule has 0 saturated heterocycles. The summed E-state index contributed by atoms with van der Waals surface area (Å²) in [6.07, 6.45) is 5.07. The minimum Gasteiger partial charge on any atom is -0.493 e. The van der Waals surface area contributed by atoms with E-state index in [-0.39, 0.29) is 18.3 Å². The minimum atomic E-state index is 0. The smallest absolute Gasteiger partial charge is 0.223 e. The third kappa shape index (κ3) is 6.33. The molecule has 37 heavy (non-hydrogen) atoms. The van der Waals surface area contributed by atoms with Gasteiger partial charge in [0.2, 0.25) is 5.91 Å². The molecule has 1 aliphatic heterocycles. The molecule has 0 saturated carbocycles. The van der Waals surface area contributed by atoms with E-state index >= 15 is 0 Å². The lowest BCUT2D eigenvalue weighted by atomic mass is 9.77. The number of fused-ring (bicyclic) bond motifs is 2. The Balaban J connectivity index is 0.00000380. The highest BCUT2D eigenvalue weighted by Gasteiger charge is 2.30. The molecule has 4 rings (SSSR count). The molecule has 202 valence electrons. The summed E-state index contributed by atoms with van der Waals surface area (Å²) in [5, 5.41) is 0. The van der Waals surface area contributed by atoms with Gasteiger partial charge in [-0.2, -0.15) is 0 Å². The molecule has 0 fully saturated rings. The first-order valence-corrected chi connectivity index (χ1v) is 12.6. The van der Waals surface area contributed by atoms with Gasteiger partial charge in [-0.3, -0.25) is 9.69 Å². The summed E-state index contributed by atoms with van der Waals surface area (Å²) in [4.78, 5) is 17.5. The number of benzene rings is 2. The average Bonchev–Trinajstić information content (AvgIpc) is 3.10. The zero-order chi connectivity index (χ0) is 25.7. The van der Waals surface area contributed by atoms with Crippen molar-refractivity contribution in [3.63, 3.8) is 0 Å². The highest BCUT2D eigenvalue weighted by atomic mass is 35.5. The van der Waals surface area contributed by atoms with Crippen LogP contribution in [-0.2, 0) is 24.1 Å². The first-order valence-electron chi connectivity index (χ1n) is 12.6. The van der Waals surface area contributed by atoms with Gasteiger partial charge in [0.1, 0.15) is 0 Å². The number of halogens is 1. The summed E-state index contributed by atoms with van der Waals surface area (Å²) in [6, 6.07) is 8.27. The van der Waals surface area contributed by atoms with Gasteiger partial charge in [0.15, 0.2) is 23.0 Å². The number of ether oxygens (including phenoxy) is 4. The third-order valence-electron chi connectivity index (χ3n) is 7.42. The SMILES string of the molecule is C=CCN(CCC(=O)N1CCc2cc(OC)c(OC)cc2CC1)C[C@H]1Cc2cc(OC)c(OC)cc21.Cl. The van der Waals surface area contributed by atoms with Crippen molar-refractivity contribution in [3.05, 3.63) is 59.2 Å². The predicted octanol–water partition coefficient (Wildman–Crippen LogP) is 4.29. The van der Waals surface area contributed by atoms with E-state index in [0.717, 1.165) is 75.0 Å². The van der Waals surface area contributed by atoms with Gasteiger partial charge in [-0.05, 0) is 65.8 Å². The van der Waals surface area contributed by atoms with Gasteiger partial charge in [-0.1, -0.05) is 6.08 Å². The molecule has 0 N–H and O–H groups in total. The number of amides is 1. The maximum atomic E-state index is 13.2. The van der Waals surface area contributed by atoms with Crippen LogP contribution in [0.5, 0.6) is 23.0 Å². The maximum absolute atomic E-state index is 13.2. The van der Waals surface area contributed by atoms with Gasteiger partial charge in [0, 0.05) is 45.1 Å². The second kappa shape index (κ2) is 13.1. The van der Waals surface area contributed by atoms with Crippen LogP contribution < -0.4 is 18.9 Å². The highest BCUT2D eigenvalue weighted by molar-refractivity contribution is 5.85. The summed E-state index contributed by atoms with van der Waals surface area (Å²) in [5.41, 5.74) is 5.08. The Hall–Kier alpha value is -2.90. The third-order valence-corrected chi connectivity index (χ3v) is 7.42. The van der Waals surface area contributed by atoms with E-state index in [1.165, 1.54) is 22.3 Å². The van der Waals surface area contributed by atoms with Crippen LogP contribution in [0.2, 0.25) is 0 Å². The normalized spacial score (nSPS) is 15.9. The average molecular weight is 531 g/mol. The van der Waals surface area contributed by atoms with Gasteiger partial charge >= 0.3 is 0 Å². The Bertz CT molecular complexity index is 1070. The highest BCUT2D eigenvalue weighted by Crippen LogP contribution is 2.42. The Morgan fingerprint density at radius 1 is 0.919 bits per heavy atom. The van der Waals surface area contributed by atoms with Crippen molar-refractivity contribution in [2.75, 3.05) is 61.2 Å². The molecule has 0 radical (unpaired) electrons. The van der Waals surface area contributed by atoms with Crippen molar-refractivity contribution in [2.45, 2.75) is 31.6 Å². The molecule has 0 spiro atoms. The Kier molecular flexibility index (Phi) is 10.1. The number of carbonyl (C=O) groups is 1. The number of nitrogens with zero attached hydrogens (tertiary/aromatic N) is 2. The van der Waals surface area contributed by atoms with Gasteiger partial charge in [-0.25, -0.2) is 0 Å². The zero-order valence-electron chi connectivity index (χ0n) is 22.4. The van der Waals surface area contributed by atoms with E-state index in [0.29, 0.717) is 12.3 Å². The number of methoxy groups -OCH3 is 4. The van der Waals surface area contributed by atoms with E-state index in [2.05, 4.69) is 35.7 Å². The largest absolute Gasteiger partial charge is 0.493 e. The quantitative estimate of drug-likeness (QED) is 0.404. The Labute approximate surface area is 226 Å². The van der Waals surface area contributed by atoms with Crippen LogP contribution in [0.4, 0.5) is 0 Å². The number of hydrogen-bond acceptors (Lipinski definition) is 6. The standard InChI is InChI=1S/C29H38N2O5.ClH/c1-6-10-30(19-23-14-22-17-27(35-4)28(36-5)18-24(22)23)11-9-29(32)31-12-7-20-15-25(33-2)26(34-3)16-21(20)8-13-31;/h6,15-18,23H,1,7-14,19H2,2-5H3;1H/t23-;/m1./s1. The van der Waals surface area contributed by atoms with Crippen LogP contribution in [0.1, 0.15) is 34.6 Å². The molecule has 1 atom stereocenters. The lowest BCUT2D eigenvalue weighted by Gasteiger charge is -2.35. The van der Waals surface area contributed by atoms with Crippen LogP contribution in [0.3, 0.4) is 0 Å². The summed E-state index contributed by atoms with van der Waals surface area (Å²) in [7, 11) is 6.64. The predicted molar refractivity (Wildman–Crippen MR) is 148 cm³/mol. The summed E-state index contributed by atoms with van der Waals surface area (Å²) in [6.45, 7) is 7.75. The second-order valence-electron chi connectivity index (χ2n) is 9.46. The van der Waals surface area contributed by atoms with Crippen LogP contribution in [-0.4, -0.2) is 76.9 Å². The molecule has 7 nitrogen and oxygen atoms in total. The first-order chi connectivity index (χ1) is 17.5.